The Kier molecular flexibility index (Phi) is 5.91. The van der Waals surface area contributed by atoms with Crippen molar-refractivity contribution in [1.82, 2.24) is 15.6 Å². The van der Waals surface area contributed by atoms with E-state index in [0.29, 0.717) is 17.2 Å². The number of urea groups is 1. The van der Waals surface area contributed by atoms with Crippen LogP contribution in [-0.4, -0.2) is 28.6 Å². The fourth-order valence-electron chi connectivity index (χ4n) is 2.80. The summed E-state index contributed by atoms with van der Waals surface area (Å²) in [5.41, 5.74) is 0.913. The molecule has 1 saturated carbocycles. The third-order valence-corrected chi connectivity index (χ3v) is 5.11. The second kappa shape index (κ2) is 7.69. The highest BCUT2D eigenvalue weighted by molar-refractivity contribution is 7.99. The van der Waals surface area contributed by atoms with Crippen LogP contribution in [-0.2, 0) is 0 Å². The van der Waals surface area contributed by atoms with Gasteiger partial charge >= 0.3 is 6.03 Å². The molecule has 116 valence electrons. The molecule has 0 spiro atoms. The Labute approximate surface area is 131 Å². The summed E-state index contributed by atoms with van der Waals surface area (Å²) in [7, 11) is 0. The third-order valence-electron chi connectivity index (χ3n) is 4.01. The number of pyridine rings is 1. The molecule has 0 saturated heterocycles. The molecule has 0 unspecified atom stereocenters. The first-order chi connectivity index (χ1) is 10.1. The maximum absolute atomic E-state index is 12.2. The summed E-state index contributed by atoms with van der Waals surface area (Å²) in [5.74, 6) is 0.299. The van der Waals surface area contributed by atoms with Crippen LogP contribution in [0.1, 0.15) is 44.8 Å². The van der Waals surface area contributed by atoms with Gasteiger partial charge < -0.3 is 10.6 Å². The van der Waals surface area contributed by atoms with Gasteiger partial charge in [0.15, 0.2) is 0 Å². The van der Waals surface area contributed by atoms with Crippen molar-refractivity contribution in [3.8, 4) is 0 Å². The zero-order chi connectivity index (χ0) is 15.2. The Balaban J connectivity index is 1.90. The number of carbonyl (C=O) groups excluding carboxylic acids is 1. The minimum absolute atomic E-state index is 0.0519. The van der Waals surface area contributed by atoms with Crippen LogP contribution >= 0.6 is 11.8 Å². The summed E-state index contributed by atoms with van der Waals surface area (Å²) in [5, 5.41) is 6.87. The van der Waals surface area contributed by atoms with Crippen LogP contribution in [0.15, 0.2) is 24.4 Å². The molecule has 2 amide bonds. The van der Waals surface area contributed by atoms with Crippen molar-refractivity contribution in [2.45, 2.75) is 50.4 Å². The van der Waals surface area contributed by atoms with Gasteiger partial charge in [0.2, 0.25) is 0 Å². The van der Waals surface area contributed by atoms with E-state index in [-0.39, 0.29) is 12.1 Å². The average Bonchev–Trinajstić information content (AvgIpc) is 2.93. The first-order valence-electron chi connectivity index (χ1n) is 7.61. The van der Waals surface area contributed by atoms with E-state index in [1.54, 1.807) is 6.20 Å². The molecule has 0 radical (unpaired) electrons. The molecule has 0 bridgehead atoms. The third kappa shape index (κ3) is 4.63. The van der Waals surface area contributed by atoms with E-state index in [1.165, 1.54) is 6.42 Å². The molecule has 1 aliphatic rings. The summed E-state index contributed by atoms with van der Waals surface area (Å²) in [4.78, 5) is 16.6. The van der Waals surface area contributed by atoms with Gasteiger partial charge in [-0.1, -0.05) is 19.9 Å². The van der Waals surface area contributed by atoms with E-state index in [1.807, 2.05) is 30.0 Å². The van der Waals surface area contributed by atoms with Gasteiger partial charge in [0, 0.05) is 17.5 Å². The lowest BCUT2D eigenvalue weighted by Gasteiger charge is -2.23. The Morgan fingerprint density at radius 1 is 1.38 bits per heavy atom. The minimum Gasteiger partial charge on any atom is -0.335 e. The van der Waals surface area contributed by atoms with Crippen molar-refractivity contribution in [2.75, 3.05) is 6.26 Å². The summed E-state index contributed by atoms with van der Waals surface area (Å²) in [6.45, 7) is 4.19. The summed E-state index contributed by atoms with van der Waals surface area (Å²) >= 11 is 1.90. The molecule has 2 N–H and O–H groups in total. The zero-order valence-electron chi connectivity index (χ0n) is 13.0. The fourth-order valence-corrected chi connectivity index (χ4v) is 3.59. The first-order valence-corrected chi connectivity index (χ1v) is 8.89. The lowest BCUT2D eigenvalue weighted by Crippen LogP contribution is -2.44. The predicted octanol–water partition coefficient (Wildman–Crippen LogP) is 3.36. The molecule has 0 aromatic carbocycles. The second-order valence-electron chi connectivity index (χ2n) is 5.96. The quantitative estimate of drug-likeness (QED) is 0.877. The SMILES string of the molecule is CS[C@@H]1CC[C@H](NC(=O)N[C@H](c2ccccn2)C(C)C)C1. The smallest absolute Gasteiger partial charge is 0.315 e. The van der Waals surface area contributed by atoms with Crippen LogP contribution in [0, 0.1) is 5.92 Å². The van der Waals surface area contributed by atoms with E-state index in [2.05, 4.69) is 35.7 Å². The van der Waals surface area contributed by atoms with E-state index >= 15 is 0 Å². The lowest BCUT2D eigenvalue weighted by atomic mass is 10.0. The Morgan fingerprint density at radius 2 is 2.19 bits per heavy atom. The molecule has 3 atom stereocenters. The Morgan fingerprint density at radius 3 is 2.76 bits per heavy atom. The number of nitrogens with one attached hydrogen (secondary N) is 2. The Hall–Kier alpha value is -1.23. The molecule has 1 fully saturated rings. The molecular weight excluding hydrogens is 282 g/mol. The van der Waals surface area contributed by atoms with Crippen LogP contribution < -0.4 is 10.6 Å². The molecule has 1 aromatic heterocycles. The minimum atomic E-state index is -0.0777. The van der Waals surface area contributed by atoms with Crippen molar-refractivity contribution in [3.63, 3.8) is 0 Å². The molecule has 5 heteroatoms. The van der Waals surface area contributed by atoms with Crippen molar-refractivity contribution in [1.29, 1.82) is 0 Å². The number of carbonyl (C=O) groups is 1. The number of amides is 2. The molecule has 1 aliphatic carbocycles. The van der Waals surface area contributed by atoms with Crippen molar-refractivity contribution >= 4 is 17.8 Å². The van der Waals surface area contributed by atoms with Crippen LogP contribution in [0.25, 0.3) is 0 Å². The predicted molar refractivity (Wildman–Crippen MR) is 88.4 cm³/mol. The number of thioether (sulfide) groups is 1. The van der Waals surface area contributed by atoms with Crippen LogP contribution in [0.3, 0.4) is 0 Å². The topological polar surface area (TPSA) is 54.0 Å². The molecule has 1 heterocycles. The summed E-state index contributed by atoms with van der Waals surface area (Å²) in [6.07, 6.45) is 7.26. The van der Waals surface area contributed by atoms with E-state index in [0.717, 1.165) is 18.5 Å². The van der Waals surface area contributed by atoms with E-state index in [9.17, 15) is 4.79 Å². The molecule has 2 rings (SSSR count). The summed E-state index contributed by atoms with van der Waals surface area (Å²) < 4.78 is 0. The highest BCUT2D eigenvalue weighted by Crippen LogP contribution is 2.28. The van der Waals surface area contributed by atoms with Gasteiger partial charge in [0.25, 0.3) is 0 Å². The second-order valence-corrected chi connectivity index (χ2v) is 7.10. The number of hydrogen-bond acceptors (Lipinski definition) is 3. The monoisotopic (exact) mass is 307 g/mol. The van der Waals surface area contributed by atoms with Gasteiger partial charge in [0.05, 0.1) is 11.7 Å². The van der Waals surface area contributed by atoms with Gasteiger partial charge in [0.1, 0.15) is 0 Å². The first kappa shape index (κ1) is 16.1. The van der Waals surface area contributed by atoms with Gasteiger partial charge in [-0.2, -0.15) is 11.8 Å². The van der Waals surface area contributed by atoms with Gasteiger partial charge in [-0.05, 0) is 43.6 Å². The van der Waals surface area contributed by atoms with Gasteiger partial charge in [-0.25, -0.2) is 4.79 Å². The van der Waals surface area contributed by atoms with Crippen molar-refractivity contribution < 1.29 is 4.79 Å². The highest BCUT2D eigenvalue weighted by atomic mass is 32.2. The Bertz CT molecular complexity index is 452. The van der Waals surface area contributed by atoms with Crippen LogP contribution in [0.4, 0.5) is 4.79 Å². The summed E-state index contributed by atoms with van der Waals surface area (Å²) in [6, 6.07) is 5.98. The molecule has 1 aromatic rings. The van der Waals surface area contributed by atoms with Gasteiger partial charge in [-0.15, -0.1) is 0 Å². The molecule has 21 heavy (non-hydrogen) atoms. The zero-order valence-corrected chi connectivity index (χ0v) is 13.8. The average molecular weight is 307 g/mol. The maximum Gasteiger partial charge on any atom is 0.315 e. The number of rotatable bonds is 5. The fraction of sp³-hybridized carbons (Fsp3) is 0.625. The van der Waals surface area contributed by atoms with E-state index in [4.69, 9.17) is 0 Å². The van der Waals surface area contributed by atoms with Crippen molar-refractivity contribution in [3.05, 3.63) is 30.1 Å². The van der Waals surface area contributed by atoms with Crippen LogP contribution in [0.2, 0.25) is 0 Å². The maximum atomic E-state index is 12.2. The normalized spacial score (nSPS) is 23.0. The molecular formula is C16H25N3OS. The molecule has 0 aliphatic heterocycles. The number of nitrogens with zero attached hydrogens (tertiary/aromatic N) is 1. The van der Waals surface area contributed by atoms with Crippen molar-refractivity contribution in [2.24, 2.45) is 5.92 Å². The highest BCUT2D eigenvalue weighted by Gasteiger charge is 2.26. The standard InChI is InChI=1S/C16H25N3OS/c1-11(2)15(14-6-4-5-9-17-14)19-16(20)18-12-7-8-13(10-12)21-3/h4-6,9,11-13,15H,7-8,10H2,1-3H3,(H2,18,19,20)/t12-,13+,15-/m0/s1. The van der Waals surface area contributed by atoms with Crippen LogP contribution in [0.5, 0.6) is 0 Å². The molecule has 4 nitrogen and oxygen atoms in total. The lowest BCUT2D eigenvalue weighted by molar-refractivity contribution is 0.229. The largest absolute Gasteiger partial charge is 0.335 e. The number of hydrogen-bond donors (Lipinski definition) is 2. The van der Waals surface area contributed by atoms with Gasteiger partial charge in [-0.3, -0.25) is 4.98 Å². The number of aromatic nitrogens is 1. The van der Waals surface area contributed by atoms with E-state index < -0.39 is 0 Å².